The molecule has 0 spiro atoms. The van der Waals surface area contributed by atoms with E-state index in [0.29, 0.717) is 36.6 Å². The van der Waals surface area contributed by atoms with Crippen LogP contribution < -0.4 is 19.5 Å². The van der Waals surface area contributed by atoms with E-state index in [1.54, 1.807) is 21.3 Å². The molecule has 21 heavy (non-hydrogen) atoms. The number of nitrogens with one attached hydrogen (secondary N) is 1. The molecule has 0 atom stereocenters. The van der Waals surface area contributed by atoms with Crippen molar-refractivity contribution >= 4 is 5.91 Å². The Morgan fingerprint density at radius 1 is 1.10 bits per heavy atom. The number of hydrogen-bond donors (Lipinski definition) is 1. The van der Waals surface area contributed by atoms with Crippen molar-refractivity contribution in [1.29, 1.82) is 0 Å². The molecule has 5 nitrogen and oxygen atoms in total. The molecule has 118 valence electrons. The first kappa shape index (κ1) is 17.1. The molecule has 0 aliphatic rings. The molecule has 0 radical (unpaired) electrons. The fourth-order valence-electron chi connectivity index (χ4n) is 2.05. The lowest BCUT2D eigenvalue weighted by molar-refractivity contribution is -0.121. The average Bonchev–Trinajstić information content (AvgIpc) is 2.51. The summed E-state index contributed by atoms with van der Waals surface area (Å²) >= 11 is 0. The van der Waals surface area contributed by atoms with Crippen LogP contribution in [0.25, 0.3) is 0 Å². The van der Waals surface area contributed by atoms with Crippen LogP contribution >= 0.6 is 0 Å². The van der Waals surface area contributed by atoms with Crippen LogP contribution in [0, 0.1) is 0 Å². The average molecular weight is 295 g/mol. The minimum absolute atomic E-state index is 0.101. The Balaban J connectivity index is 2.65. The van der Waals surface area contributed by atoms with Crippen molar-refractivity contribution in [2.24, 2.45) is 0 Å². The fraction of sp³-hybridized carbons (Fsp3) is 0.562. The van der Waals surface area contributed by atoms with Gasteiger partial charge in [0.15, 0.2) is 11.5 Å². The zero-order chi connectivity index (χ0) is 15.7. The SMILES string of the molecule is CCCCC(=O)NCCc1cc(OC)c(OC)c(OC)c1. The third-order valence-corrected chi connectivity index (χ3v) is 3.22. The van der Waals surface area contributed by atoms with Crippen LogP contribution in [0.3, 0.4) is 0 Å². The highest BCUT2D eigenvalue weighted by atomic mass is 16.5. The number of rotatable bonds is 9. The first-order valence-corrected chi connectivity index (χ1v) is 7.21. The Kier molecular flexibility index (Phi) is 7.43. The largest absolute Gasteiger partial charge is 0.493 e. The molecule has 0 saturated carbocycles. The molecule has 1 amide bonds. The van der Waals surface area contributed by atoms with E-state index in [1.807, 2.05) is 12.1 Å². The first-order chi connectivity index (χ1) is 10.2. The van der Waals surface area contributed by atoms with Gasteiger partial charge in [0.25, 0.3) is 0 Å². The van der Waals surface area contributed by atoms with Gasteiger partial charge in [-0.1, -0.05) is 13.3 Å². The van der Waals surface area contributed by atoms with Crippen LogP contribution in [0.5, 0.6) is 17.2 Å². The highest BCUT2D eigenvalue weighted by Crippen LogP contribution is 2.38. The van der Waals surface area contributed by atoms with E-state index in [2.05, 4.69) is 12.2 Å². The molecule has 1 rings (SSSR count). The number of methoxy groups -OCH3 is 3. The van der Waals surface area contributed by atoms with Crippen molar-refractivity contribution < 1.29 is 19.0 Å². The van der Waals surface area contributed by atoms with Gasteiger partial charge < -0.3 is 19.5 Å². The summed E-state index contributed by atoms with van der Waals surface area (Å²) in [5.74, 6) is 1.94. The zero-order valence-electron chi connectivity index (χ0n) is 13.3. The molecule has 0 aromatic heterocycles. The molecule has 0 heterocycles. The number of carbonyl (C=O) groups excluding carboxylic acids is 1. The van der Waals surface area contributed by atoms with Gasteiger partial charge in [-0.25, -0.2) is 0 Å². The molecule has 1 aromatic rings. The highest BCUT2D eigenvalue weighted by Gasteiger charge is 2.13. The maximum absolute atomic E-state index is 11.6. The Labute approximate surface area is 126 Å². The second kappa shape index (κ2) is 9.10. The van der Waals surface area contributed by atoms with Crippen molar-refractivity contribution in [1.82, 2.24) is 5.32 Å². The highest BCUT2D eigenvalue weighted by molar-refractivity contribution is 5.75. The van der Waals surface area contributed by atoms with Crippen LogP contribution in [0.1, 0.15) is 31.7 Å². The van der Waals surface area contributed by atoms with Crippen molar-refractivity contribution in [2.75, 3.05) is 27.9 Å². The van der Waals surface area contributed by atoms with Gasteiger partial charge in [0.2, 0.25) is 11.7 Å². The lowest BCUT2D eigenvalue weighted by atomic mass is 10.1. The van der Waals surface area contributed by atoms with Crippen LogP contribution in [0.2, 0.25) is 0 Å². The van der Waals surface area contributed by atoms with E-state index in [9.17, 15) is 4.79 Å². The molecule has 5 heteroatoms. The summed E-state index contributed by atoms with van der Waals surface area (Å²) in [7, 11) is 4.76. The fourth-order valence-corrected chi connectivity index (χ4v) is 2.05. The van der Waals surface area contributed by atoms with Crippen LogP contribution in [-0.2, 0) is 11.2 Å². The number of benzene rings is 1. The van der Waals surface area contributed by atoms with Gasteiger partial charge in [-0.2, -0.15) is 0 Å². The number of carbonyl (C=O) groups is 1. The normalized spacial score (nSPS) is 10.1. The van der Waals surface area contributed by atoms with Gasteiger partial charge in [-0.15, -0.1) is 0 Å². The summed E-state index contributed by atoms with van der Waals surface area (Å²) in [5.41, 5.74) is 1.03. The van der Waals surface area contributed by atoms with Gasteiger partial charge >= 0.3 is 0 Å². The second-order valence-corrected chi connectivity index (χ2v) is 4.74. The second-order valence-electron chi connectivity index (χ2n) is 4.74. The quantitative estimate of drug-likeness (QED) is 0.760. The van der Waals surface area contributed by atoms with E-state index in [4.69, 9.17) is 14.2 Å². The van der Waals surface area contributed by atoms with Crippen LogP contribution in [-0.4, -0.2) is 33.8 Å². The van der Waals surface area contributed by atoms with Gasteiger partial charge in [-0.3, -0.25) is 4.79 Å². The summed E-state index contributed by atoms with van der Waals surface area (Å²) in [6.07, 6.45) is 3.26. The monoisotopic (exact) mass is 295 g/mol. The standard InChI is InChI=1S/C16H25NO4/c1-5-6-7-15(18)17-9-8-12-10-13(19-2)16(21-4)14(11-12)20-3/h10-11H,5-9H2,1-4H3,(H,17,18). The minimum Gasteiger partial charge on any atom is -0.493 e. The Hall–Kier alpha value is -1.91. The Bertz CT molecular complexity index is 435. The van der Waals surface area contributed by atoms with E-state index in [1.165, 1.54) is 0 Å². The Morgan fingerprint density at radius 3 is 2.19 bits per heavy atom. The van der Waals surface area contributed by atoms with Gasteiger partial charge in [-0.05, 0) is 30.5 Å². The number of unbranched alkanes of at least 4 members (excludes halogenated alkanes) is 1. The number of hydrogen-bond acceptors (Lipinski definition) is 4. The molecular formula is C16H25NO4. The lowest BCUT2D eigenvalue weighted by Gasteiger charge is -2.14. The maximum atomic E-state index is 11.6. The molecular weight excluding hydrogens is 270 g/mol. The third kappa shape index (κ3) is 5.17. The van der Waals surface area contributed by atoms with Crippen molar-refractivity contribution in [2.45, 2.75) is 32.6 Å². The van der Waals surface area contributed by atoms with E-state index >= 15 is 0 Å². The molecule has 0 unspecified atom stereocenters. The van der Waals surface area contributed by atoms with E-state index < -0.39 is 0 Å². The molecule has 1 N–H and O–H groups in total. The van der Waals surface area contributed by atoms with Gasteiger partial charge in [0.05, 0.1) is 21.3 Å². The minimum atomic E-state index is 0.101. The molecule has 0 aliphatic heterocycles. The molecule has 0 saturated heterocycles. The van der Waals surface area contributed by atoms with Crippen LogP contribution in [0.4, 0.5) is 0 Å². The Morgan fingerprint density at radius 2 is 1.71 bits per heavy atom. The topological polar surface area (TPSA) is 56.8 Å². The predicted octanol–water partition coefficient (Wildman–Crippen LogP) is 2.56. The molecule has 0 fully saturated rings. The zero-order valence-corrected chi connectivity index (χ0v) is 13.3. The summed E-state index contributed by atoms with van der Waals surface area (Å²) in [6, 6.07) is 3.80. The van der Waals surface area contributed by atoms with Crippen LogP contribution in [0.15, 0.2) is 12.1 Å². The summed E-state index contributed by atoms with van der Waals surface area (Å²) in [4.78, 5) is 11.6. The summed E-state index contributed by atoms with van der Waals surface area (Å²) in [6.45, 7) is 2.67. The van der Waals surface area contributed by atoms with Gasteiger partial charge in [0.1, 0.15) is 0 Å². The van der Waals surface area contributed by atoms with E-state index in [-0.39, 0.29) is 5.91 Å². The summed E-state index contributed by atoms with van der Waals surface area (Å²) in [5, 5.41) is 2.92. The van der Waals surface area contributed by atoms with Crippen molar-refractivity contribution in [3.8, 4) is 17.2 Å². The van der Waals surface area contributed by atoms with E-state index in [0.717, 1.165) is 18.4 Å². The van der Waals surface area contributed by atoms with Gasteiger partial charge in [0, 0.05) is 13.0 Å². The maximum Gasteiger partial charge on any atom is 0.220 e. The lowest BCUT2D eigenvalue weighted by Crippen LogP contribution is -2.25. The molecule has 1 aromatic carbocycles. The predicted molar refractivity (Wildman–Crippen MR) is 82.3 cm³/mol. The number of ether oxygens (including phenoxy) is 3. The summed E-state index contributed by atoms with van der Waals surface area (Å²) < 4.78 is 15.9. The first-order valence-electron chi connectivity index (χ1n) is 7.21. The molecule has 0 aliphatic carbocycles. The number of amides is 1. The van der Waals surface area contributed by atoms with Crippen molar-refractivity contribution in [3.05, 3.63) is 17.7 Å². The smallest absolute Gasteiger partial charge is 0.220 e. The van der Waals surface area contributed by atoms with Crippen molar-refractivity contribution in [3.63, 3.8) is 0 Å². The molecule has 0 bridgehead atoms. The third-order valence-electron chi connectivity index (χ3n) is 3.22.